The summed E-state index contributed by atoms with van der Waals surface area (Å²) in [4.78, 5) is 12.5. The molecule has 2 nitrogen and oxygen atoms in total. The molecule has 56 valence electrons. The van der Waals surface area contributed by atoms with Crippen LogP contribution in [-0.2, 0) is 4.79 Å². The number of hydrogen-bond acceptors (Lipinski definition) is 1. The Labute approximate surface area is 61.8 Å². The molecule has 0 rings (SSSR count). The first kappa shape index (κ1) is 8.95. The molecule has 0 aliphatic carbocycles. The van der Waals surface area contributed by atoms with Crippen molar-refractivity contribution in [1.82, 2.24) is 4.90 Å². The molecular weight excluding hydrogens is 126 g/mol. The van der Waals surface area contributed by atoms with Gasteiger partial charge in [0.05, 0.1) is 0 Å². The maximum atomic E-state index is 11.0. The van der Waals surface area contributed by atoms with E-state index >= 15 is 0 Å². The predicted octanol–water partition coefficient (Wildman–Crippen LogP) is 1.55. The lowest BCUT2D eigenvalue weighted by Crippen LogP contribution is -2.21. The molecule has 10 heavy (non-hydrogen) atoms. The van der Waals surface area contributed by atoms with Crippen LogP contribution in [0.4, 0.5) is 0 Å². The molecule has 0 unspecified atom stereocenters. The predicted molar refractivity (Wildman–Crippen MR) is 42.4 cm³/mol. The molecule has 0 aliphatic rings. The molecule has 0 radical (unpaired) electrons. The maximum Gasteiger partial charge on any atom is 0.250 e. The van der Waals surface area contributed by atoms with Crippen LogP contribution in [0.1, 0.15) is 13.8 Å². The van der Waals surface area contributed by atoms with E-state index in [1.807, 2.05) is 6.92 Å². The molecule has 0 heterocycles. The smallest absolute Gasteiger partial charge is 0.250 e. The molecule has 0 N–H and O–H groups in total. The molecule has 0 aromatic carbocycles. The van der Waals surface area contributed by atoms with E-state index in [0.717, 1.165) is 5.70 Å². The summed E-state index contributed by atoms with van der Waals surface area (Å²) in [6, 6.07) is 0. The van der Waals surface area contributed by atoms with Crippen LogP contribution < -0.4 is 0 Å². The third-order valence-electron chi connectivity index (χ3n) is 1.21. The first-order valence-electron chi connectivity index (χ1n) is 3.15. The summed E-state index contributed by atoms with van der Waals surface area (Å²) in [5.41, 5.74) is 0.753. The van der Waals surface area contributed by atoms with Crippen LogP contribution in [0.25, 0.3) is 0 Å². The van der Waals surface area contributed by atoms with Crippen molar-refractivity contribution in [3.63, 3.8) is 0 Å². The molecule has 0 spiro atoms. The zero-order valence-corrected chi connectivity index (χ0v) is 6.72. The van der Waals surface area contributed by atoms with Crippen LogP contribution in [0.2, 0.25) is 0 Å². The van der Waals surface area contributed by atoms with Gasteiger partial charge in [-0.1, -0.05) is 12.7 Å². The van der Waals surface area contributed by atoms with Crippen molar-refractivity contribution in [3.8, 4) is 0 Å². The largest absolute Gasteiger partial charge is 0.317 e. The minimum absolute atomic E-state index is 0.0324. The van der Waals surface area contributed by atoms with Crippen molar-refractivity contribution in [2.24, 2.45) is 0 Å². The maximum absolute atomic E-state index is 11.0. The van der Waals surface area contributed by atoms with E-state index in [1.54, 1.807) is 20.0 Å². The summed E-state index contributed by atoms with van der Waals surface area (Å²) >= 11 is 0. The highest BCUT2D eigenvalue weighted by molar-refractivity contribution is 5.88. The SMILES string of the molecule is C=C(C)N(C)C(=O)/C=C\C. The Morgan fingerprint density at radius 3 is 2.40 bits per heavy atom. The second-order valence-electron chi connectivity index (χ2n) is 2.13. The van der Waals surface area contributed by atoms with Crippen LogP contribution in [-0.4, -0.2) is 17.9 Å². The standard InChI is InChI=1S/C8H13NO/c1-5-6-8(10)9(4)7(2)3/h5-6H,2H2,1,3-4H3/b6-5-. The zero-order chi connectivity index (χ0) is 8.15. The van der Waals surface area contributed by atoms with Crippen molar-refractivity contribution in [2.75, 3.05) is 7.05 Å². The van der Waals surface area contributed by atoms with Crippen LogP contribution in [0, 0.1) is 0 Å². The van der Waals surface area contributed by atoms with E-state index in [0.29, 0.717) is 0 Å². The fraction of sp³-hybridized carbons (Fsp3) is 0.375. The molecule has 0 bridgehead atoms. The Morgan fingerprint density at radius 1 is 1.60 bits per heavy atom. The Morgan fingerprint density at radius 2 is 2.10 bits per heavy atom. The number of amides is 1. The third kappa shape index (κ3) is 2.49. The summed E-state index contributed by atoms with van der Waals surface area (Å²) in [5.74, 6) is -0.0324. The average molecular weight is 139 g/mol. The summed E-state index contributed by atoms with van der Waals surface area (Å²) in [7, 11) is 1.70. The molecule has 0 atom stereocenters. The number of rotatable bonds is 2. The minimum atomic E-state index is -0.0324. The number of carbonyl (C=O) groups excluding carboxylic acids is 1. The second-order valence-corrected chi connectivity index (χ2v) is 2.13. The highest BCUT2D eigenvalue weighted by atomic mass is 16.2. The van der Waals surface area contributed by atoms with Gasteiger partial charge in [-0.25, -0.2) is 0 Å². The molecular formula is C8H13NO. The zero-order valence-electron chi connectivity index (χ0n) is 6.72. The van der Waals surface area contributed by atoms with Gasteiger partial charge in [-0.3, -0.25) is 4.79 Å². The number of hydrogen-bond donors (Lipinski definition) is 0. The number of nitrogens with zero attached hydrogens (tertiary/aromatic N) is 1. The van der Waals surface area contributed by atoms with Gasteiger partial charge in [0.2, 0.25) is 5.91 Å². The highest BCUT2D eigenvalue weighted by Gasteiger charge is 2.02. The monoisotopic (exact) mass is 139 g/mol. The lowest BCUT2D eigenvalue weighted by atomic mass is 10.4. The molecule has 0 fully saturated rings. The van der Waals surface area contributed by atoms with E-state index in [1.165, 1.54) is 11.0 Å². The van der Waals surface area contributed by atoms with Gasteiger partial charge in [0.1, 0.15) is 0 Å². The highest BCUT2D eigenvalue weighted by Crippen LogP contribution is 1.96. The normalized spacial score (nSPS) is 9.90. The van der Waals surface area contributed by atoms with Gasteiger partial charge in [-0.05, 0) is 19.9 Å². The molecule has 0 saturated heterocycles. The lowest BCUT2D eigenvalue weighted by Gasteiger charge is -2.13. The van der Waals surface area contributed by atoms with Crippen molar-refractivity contribution in [3.05, 3.63) is 24.4 Å². The van der Waals surface area contributed by atoms with Crippen molar-refractivity contribution >= 4 is 5.91 Å². The van der Waals surface area contributed by atoms with Crippen LogP contribution >= 0.6 is 0 Å². The topological polar surface area (TPSA) is 20.3 Å². The minimum Gasteiger partial charge on any atom is -0.317 e. The van der Waals surface area contributed by atoms with E-state index in [4.69, 9.17) is 0 Å². The van der Waals surface area contributed by atoms with Crippen LogP contribution in [0.5, 0.6) is 0 Å². The Hall–Kier alpha value is -1.05. The fourth-order valence-electron chi connectivity index (χ4n) is 0.442. The van der Waals surface area contributed by atoms with Gasteiger partial charge in [0, 0.05) is 12.7 Å². The van der Waals surface area contributed by atoms with Crippen molar-refractivity contribution in [1.29, 1.82) is 0 Å². The summed E-state index contributed by atoms with van der Waals surface area (Å²) in [5, 5.41) is 0. The Kier molecular flexibility index (Phi) is 3.47. The first-order valence-corrected chi connectivity index (χ1v) is 3.15. The quantitative estimate of drug-likeness (QED) is 0.531. The molecule has 1 amide bonds. The van der Waals surface area contributed by atoms with Gasteiger partial charge >= 0.3 is 0 Å². The number of likely N-dealkylation sites (N-methyl/N-ethyl adjacent to an activating group) is 1. The Balaban J connectivity index is 4.08. The van der Waals surface area contributed by atoms with Crippen LogP contribution in [0.3, 0.4) is 0 Å². The second kappa shape index (κ2) is 3.88. The molecule has 0 aromatic heterocycles. The number of carbonyl (C=O) groups is 1. The van der Waals surface area contributed by atoms with E-state index in [-0.39, 0.29) is 5.91 Å². The van der Waals surface area contributed by atoms with Crippen molar-refractivity contribution < 1.29 is 4.79 Å². The summed E-state index contributed by atoms with van der Waals surface area (Å²) in [6.07, 6.45) is 3.22. The van der Waals surface area contributed by atoms with E-state index in [2.05, 4.69) is 6.58 Å². The number of allylic oxidation sites excluding steroid dienone is 2. The molecule has 0 aromatic rings. The fourth-order valence-corrected chi connectivity index (χ4v) is 0.442. The lowest BCUT2D eigenvalue weighted by molar-refractivity contribution is -0.123. The van der Waals surface area contributed by atoms with Gasteiger partial charge < -0.3 is 4.90 Å². The molecule has 2 heteroatoms. The molecule has 0 aliphatic heterocycles. The molecule has 0 saturated carbocycles. The van der Waals surface area contributed by atoms with Gasteiger partial charge in [0.15, 0.2) is 0 Å². The van der Waals surface area contributed by atoms with Crippen LogP contribution in [0.15, 0.2) is 24.4 Å². The summed E-state index contributed by atoms with van der Waals surface area (Å²) in [6.45, 7) is 7.23. The van der Waals surface area contributed by atoms with Gasteiger partial charge in [0.25, 0.3) is 0 Å². The Bertz CT molecular complexity index is 170. The van der Waals surface area contributed by atoms with Crippen molar-refractivity contribution in [2.45, 2.75) is 13.8 Å². The average Bonchev–Trinajstić information content (AvgIpc) is 1.87. The third-order valence-corrected chi connectivity index (χ3v) is 1.21. The van der Waals surface area contributed by atoms with Gasteiger partial charge in [-0.15, -0.1) is 0 Å². The van der Waals surface area contributed by atoms with E-state index < -0.39 is 0 Å². The van der Waals surface area contributed by atoms with E-state index in [9.17, 15) is 4.79 Å². The summed E-state index contributed by atoms with van der Waals surface area (Å²) < 4.78 is 0. The first-order chi connectivity index (χ1) is 4.59. The van der Waals surface area contributed by atoms with Gasteiger partial charge in [-0.2, -0.15) is 0 Å².